The van der Waals surface area contributed by atoms with Crippen molar-refractivity contribution in [3.63, 3.8) is 0 Å². The maximum Gasteiger partial charge on any atom is 0.271 e. The van der Waals surface area contributed by atoms with Gasteiger partial charge in [0, 0.05) is 30.1 Å². The van der Waals surface area contributed by atoms with Gasteiger partial charge in [0.15, 0.2) is 10.8 Å². The number of halogens is 1. The van der Waals surface area contributed by atoms with Crippen LogP contribution in [-0.4, -0.2) is 37.4 Å². The Morgan fingerprint density at radius 2 is 2.18 bits per heavy atom. The molecule has 0 unspecified atom stereocenters. The van der Waals surface area contributed by atoms with Gasteiger partial charge in [0.05, 0.1) is 5.69 Å². The van der Waals surface area contributed by atoms with Crippen molar-refractivity contribution in [1.29, 1.82) is 0 Å². The van der Waals surface area contributed by atoms with Gasteiger partial charge < -0.3 is 9.42 Å². The molecule has 5 rings (SSSR count). The molecule has 9 heteroatoms. The van der Waals surface area contributed by atoms with Gasteiger partial charge in [-0.15, -0.1) is 11.3 Å². The minimum Gasteiger partial charge on any atom is -0.337 e. The molecule has 1 saturated carbocycles. The van der Waals surface area contributed by atoms with E-state index in [0.717, 1.165) is 18.7 Å². The second-order valence-corrected chi connectivity index (χ2v) is 7.70. The van der Waals surface area contributed by atoms with Crippen LogP contribution in [-0.2, 0) is 6.54 Å². The third kappa shape index (κ3) is 2.97. The maximum atomic E-state index is 14.1. The first-order valence-electron chi connectivity index (χ1n) is 8.89. The Hall–Kier alpha value is -3.07. The Labute approximate surface area is 163 Å². The lowest BCUT2D eigenvalue weighted by atomic mass is 10.1. The van der Waals surface area contributed by atoms with Gasteiger partial charge in [-0.1, -0.05) is 17.3 Å². The van der Waals surface area contributed by atoms with Crippen LogP contribution in [0.15, 0.2) is 40.4 Å². The van der Waals surface area contributed by atoms with E-state index in [2.05, 4.69) is 15.1 Å². The van der Waals surface area contributed by atoms with Crippen LogP contribution >= 0.6 is 11.3 Å². The summed E-state index contributed by atoms with van der Waals surface area (Å²) in [5, 5.41) is 5.72. The molecule has 0 radical (unpaired) electrons. The largest absolute Gasteiger partial charge is 0.337 e. The van der Waals surface area contributed by atoms with E-state index in [9.17, 15) is 9.18 Å². The standard InChI is InChI=1S/C19H16FN5O2S/c1-24(9-16-22-17(23-27-16)11-6-7-11)18(26)15-10-28-19-21-14(8-25(15)19)12-4-2-3-5-13(12)20/h2-5,8,10-11H,6-7,9H2,1H3. The fraction of sp³-hybridized carbons (Fsp3) is 0.263. The number of aromatic nitrogens is 4. The number of nitrogens with zero attached hydrogens (tertiary/aromatic N) is 5. The molecular formula is C19H16FN5O2S. The zero-order chi connectivity index (χ0) is 19.3. The Bertz CT molecular complexity index is 1180. The number of carbonyl (C=O) groups excluding carboxylic acids is 1. The molecule has 0 spiro atoms. The molecule has 0 aliphatic heterocycles. The molecule has 0 saturated heterocycles. The van der Waals surface area contributed by atoms with E-state index in [1.807, 2.05) is 0 Å². The summed E-state index contributed by atoms with van der Waals surface area (Å²) in [6, 6.07) is 6.45. The van der Waals surface area contributed by atoms with Crippen LogP contribution in [0, 0.1) is 5.82 Å². The molecule has 1 aliphatic rings. The maximum absolute atomic E-state index is 14.1. The van der Waals surface area contributed by atoms with Crippen LogP contribution in [0.4, 0.5) is 4.39 Å². The Morgan fingerprint density at radius 3 is 2.96 bits per heavy atom. The normalized spacial score (nSPS) is 13.9. The number of fused-ring (bicyclic) bond motifs is 1. The third-order valence-electron chi connectivity index (χ3n) is 4.72. The minimum atomic E-state index is -0.346. The Balaban J connectivity index is 1.40. The average Bonchev–Trinajstić information content (AvgIpc) is 3.10. The van der Waals surface area contributed by atoms with E-state index < -0.39 is 0 Å². The predicted octanol–water partition coefficient (Wildman–Crippen LogP) is 3.73. The summed E-state index contributed by atoms with van der Waals surface area (Å²) in [6.07, 6.45) is 3.86. The van der Waals surface area contributed by atoms with Gasteiger partial charge in [0.2, 0.25) is 5.89 Å². The monoisotopic (exact) mass is 397 g/mol. The number of rotatable bonds is 5. The van der Waals surface area contributed by atoms with Crippen molar-refractivity contribution in [1.82, 2.24) is 24.4 Å². The van der Waals surface area contributed by atoms with Crippen molar-refractivity contribution in [3.05, 3.63) is 59.1 Å². The molecule has 1 amide bonds. The second-order valence-electron chi connectivity index (χ2n) is 6.86. The number of hydrogen-bond donors (Lipinski definition) is 0. The first-order valence-corrected chi connectivity index (χ1v) is 9.77. The molecule has 28 heavy (non-hydrogen) atoms. The highest BCUT2D eigenvalue weighted by molar-refractivity contribution is 7.15. The van der Waals surface area contributed by atoms with Crippen LogP contribution in [0.5, 0.6) is 0 Å². The van der Waals surface area contributed by atoms with Crippen LogP contribution in [0.3, 0.4) is 0 Å². The molecular weight excluding hydrogens is 381 g/mol. The number of carbonyl (C=O) groups is 1. The first kappa shape index (κ1) is 17.1. The summed E-state index contributed by atoms with van der Waals surface area (Å²) in [4.78, 5) is 23.9. The molecule has 7 nitrogen and oxygen atoms in total. The molecule has 0 atom stereocenters. The second kappa shape index (κ2) is 6.52. The topological polar surface area (TPSA) is 76.5 Å². The fourth-order valence-electron chi connectivity index (χ4n) is 3.05. The molecule has 1 aromatic carbocycles. The zero-order valence-corrected chi connectivity index (χ0v) is 15.8. The molecule has 1 fully saturated rings. The molecule has 4 aromatic rings. The van der Waals surface area contributed by atoms with Gasteiger partial charge in [-0.3, -0.25) is 9.20 Å². The lowest BCUT2D eigenvalue weighted by Gasteiger charge is -2.13. The number of thiazole rings is 1. The predicted molar refractivity (Wildman–Crippen MR) is 101 cm³/mol. The fourth-order valence-corrected chi connectivity index (χ4v) is 3.89. The summed E-state index contributed by atoms with van der Waals surface area (Å²) < 4.78 is 21.0. The number of amides is 1. The quantitative estimate of drug-likeness (QED) is 0.513. The van der Waals surface area contributed by atoms with Crippen molar-refractivity contribution in [2.24, 2.45) is 0 Å². The summed E-state index contributed by atoms with van der Waals surface area (Å²) in [5.74, 6) is 0.994. The van der Waals surface area contributed by atoms with Gasteiger partial charge in [0.25, 0.3) is 5.91 Å². The average molecular weight is 397 g/mol. The number of benzene rings is 1. The molecule has 1 aliphatic carbocycles. The van der Waals surface area contributed by atoms with E-state index in [0.29, 0.717) is 33.7 Å². The van der Waals surface area contributed by atoms with Crippen molar-refractivity contribution in [2.75, 3.05) is 7.05 Å². The molecule has 3 heterocycles. The highest BCUT2D eigenvalue weighted by Crippen LogP contribution is 2.38. The molecule has 142 valence electrons. The minimum absolute atomic E-state index is 0.199. The summed E-state index contributed by atoms with van der Waals surface area (Å²) in [5.41, 5.74) is 1.36. The SMILES string of the molecule is CN(Cc1nc(C2CC2)no1)C(=O)c1csc2nc(-c3ccccc3F)cn12. The first-order chi connectivity index (χ1) is 13.6. The van der Waals surface area contributed by atoms with Gasteiger partial charge in [-0.25, -0.2) is 9.37 Å². The van der Waals surface area contributed by atoms with Crippen molar-refractivity contribution in [3.8, 4) is 11.3 Å². The lowest BCUT2D eigenvalue weighted by Crippen LogP contribution is -2.27. The summed E-state index contributed by atoms with van der Waals surface area (Å²) in [7, 11) is 1.68. The summed E-state index contributed by atoms with van der Waals surface area (Å²) >= 11 is 1.33. The highest BCUT2D eigenvalue weighted by Gasteiger charge is 2.29. The van der Waals surface area contributed by atoms with Crippen LogP contribution in [0.1, 0.15) is 41.0 Å². The van der Waals surface area contributed by atoms with E-state index in [-0.39, 0.29) is 18.3 Å². The molecule has 0 N–H and O–H groups in total. The van der Waals surface area contributed by atoms with Gasteiger partial charge in [0.1, 0.15) is 18.1 Å². The van der Waals surface area contributed by atoms with E-state index in [4.69, 9.17) is 4.52 Å². The Kier molecular flexibility index (Phi) is 3.97. The third-order valence-corrected chi connectivity index (χ3v) is 5.56. The molecule has 0 bridgehead atoms. The van der Waals surface area contributed by atoms with Gasteiger partial charge >= 0.3 is 0 Å². The van der Waals surface area contributed by atoms with E-state index >= 15 is 0 Å². The van der Waals surface area contributed by atoms with Gasteiger partial charge in [-0.2, -0.15) is 4.98 Å². The smallest absolute Gasteiger partial charge is 0.271 e. The van der Waals surface area contributed by atoms with Gasteiger partial charge in [-0.05, 0) is 25.0 Å². The lowest BCUT2D eigenvalue weighted by molar-refractivity contribution is 0.0763. The molecule has 3 aromatic heterocycles. The van der Waals surface area contributed by atoms with E-state index in [1.165, 1.54) is 22.3 Å². The van der Waals surface area contributed by atoms with E-state index in [1.54, 1.807) is 41.2 Å². The number of hydrogen-bond acceptors (Lipinski definition) is 6. The van der Waals surface area contributed by atoms with Crippen LogP contribution in [0.2, 0.25) is 0 Å². The summed E-state index contributed by atoms with van der Waals surface area (Å²) in [6.45, 7) is 0.227. The van der Waals surface area contributed by atoms with Crippen LogP contribution < -0.4 is 0 Å². The zero-order valence-electron chi connectivity index (χ0n) is 15.0. The van der Waals surface area contributed by atoms with Crippen molar-refractivity contribution in [2.45, 2.75) is 25.3 Å². The van der Waals surface area contributed by atoms with Crippen molar-refractivity contribution >= 4 is 22.2 Å². The van der Waals surface area contributed by atoms with Crippen LogP contribution in [0.25, 0.3) is 16.2 Å². The Morgan fingerprint density at radius 1 is 1.36 bits per heavy atom. The highest BCUT2D eigenvalue weighted by atomic mass is 32.1. The number of imidazole rings is 1. The van der Waals surface area contributed by atoms with Crippen molar-refractivity contribution < 1.29 is 13.7 Å².